The lowest BCUT2D eigenvalue weighted by atomic mass is 9.87. The molecule has 3 rings (SSSR count). The number of carbonyl (C=O) groups is 2. The second kappa shape index (κ2) is 10.5. The van der Waals surface area contributed by atoms with Gasteiger partial charge in [0.1, 0.15) is 0 Å². The molecule has 150 valence electrons. The van der Waals surface area contributed by atoms with Crippen LogP contribution in [0.1, 0.15) is 45.4 Å². The molecule has 3 aliphatic rings. The van der Waals surface area contributed by atoms with Crippen LogP contribution in [0.25, 0.3) is 0 Å². The second-order valence-corrected chi connectivity index (χ2v) is 8.10. The van der Waals surface area contributed by atoms with Crippen LogP contribution >= 0.6 is 12.4 Å². The maximum absolute atomic E-state index is 12.4. The van der Waals surface area contributed by atoms with Gasteiger partial charge in [0, 0.05) is 51.7 Å². The maximum Gasteiger partial charge on any atom is 0.225 e. The standard InChI is InChI=1S/C19H34N4O2.ClH/c1-15-3-5-17(6-4-15)23-14-16(13-18(23)24)19(25)21-7-2-10-22-11-8-20-9-12-22;/h15-17,20H,2-14H2,1H3,(H,21,25);1H. The number of amides is 2. The van der Waals surface area contributed by atoms with Crippen molar-refractivity contribution in [1.29, 1.82) is 0 Å². The van der Waals surface area contributed by atoms with Gasteiger partial charge in [-0.3, -0.25) is 9.59 Å². The fraction of sp³-hybridized carbons (Fsp3) is 0.895. The minimum absolute atomic E-state index is 0. The quantitative estimate of drug-likeness (QED) is 0.674. The van der Waals surface area contributed by atoms with Crippen molar-refractivity contribution in [3.63, 3.8) is 0 Å². The number of nitrogens with zero attached hydrogens (tertiary/aromatic N) is 2. The molecule has 0 spiro atoms. The molecular formula is C19H35ClN4O2. The van der Waals surface area contributed by atoms with Crippen LogP contribution in [0.4, 0.5) is 0 Å². The molecule has 0 bridgehead atoms. The number of likely N-dealkylation sites (tertiary alicyclic amines) is 1. The summed E-state index contributed by atoms with van der Waals surface area (Å²) >= 11 is 0. The van der Waals surface area contributed by atoms with E-state index >= 15 is 0 Å². The van der Waals surface area contributed by atoms with Gasteiger partial charge in [-0.15, -0.1) is 12.4 Å². The predicted molar refractivity (Wildman–Crippen MR) is 105 cm³/mol. The molecule has 0 aromatic carbocycles. The third-order valence-electron chi connectivity index (χ3n) is 6.12. The van der Waals surface area contributed by atoms with Gasteiger partial charge in [0.05, 0.1) is 5.92 Å². The van der Waals surface area contributed by atoms with Crippen molar-refractivity contribution in [3.8, 4) is 0 Å². The van der Waals surface area contributed by atoms with E-state index < -0.39 is 0 Å². The average Bonchev–Trinajstić information content (AvgIpc) is 3.02. The third-order valence-corrected chi connectivity index (χ3v) is 6.12. The lowest BCUT2D eigenvalue weighted by Gasteiger charge is -2.33. The molecule has 6 nitrogen and oxygen atoms in total. The van der Waals surface area contributed by atoms with Gasteiger partial charge in [0.25, 0.3) is 0 Å². The van der Waals surface area contributed by atoms with Crippen LogP contribution in [-0.2, 0) is 9.59 Å². The smallest absolute Gasteiger partial charge is 0.225 e. The second-order valence-electron chi connectivity index (χ2n) is 8.10. The molecule has 3 fully saturated rings. The van der Waals surface area contributed by atoms with Crippen LogP contribution in [0.3, 0.4) is 0 Å². The zero-order chi connectivity index (χ0) is 17.6. The SMILES string of the molecule is CC1CCC(N2CC(C(=O)NCCCN3CCNCC3)CC2=O)CC1.Cl. The predicted octanol–water partition coefficient (Wildman–Crippen LogP) is 1.25. The van der Waals surface area contributed by atoms with E-state index in [9.17, 15) is 9.59 Å². The van der Waals surface area contributed by atoms with Crippen molar-refractivity contribution >= 4 is 24.2 Å². The maximum atomic E-state index is 12.4. The van der Waals surface area contributed by atoms with Crippen molar-refractivity contribution in [1.82, 2.24) is 20.4 Å². The molecule has 2 N–H and O–H groups in total. The monoisotopic (exact) mass is 386 g/mol. The largest absolute Gasteiger partial charge is 0.356 e. The van der Waals surface area contributed by atoms with Gasteiger partial charge in [-0.05, 0) is 44.6 Å². The molecule has 2 heterocycles. The van der Waals surface area contributed by atoms with E-state index in [4.69, 9.17) is 0 Å². The van der Waals surface area contributed by atoms with Gasteiger partial charge >= 0.3 is 0 Å². The van der Waals surface area contributed by atoms with Crippen LogP contribution in [0.2, 0.25) is 0 Å². The Kier molecular flexibility index (Phi) is 8.64. The highest BCUT2D eigenvalue weighted by molar-refractivity contribution is 5.89. The van der Waals surface area contributed by atoms with Crippen LogP contribution in [0.5, 0.6) is 0 Å². The fourth-order valence-electron chi connectivity index (χ4n) is 4.41. The Hall–Kier alpha value is -0.850. The highest BCUT2D eigenvalue weighted by Gasteiger charge is 2.38. The first-order chi connectivity index (χ1) is 12.1. The molecule has 1 aliphatic carbocycles. The fourth-order valence-corrected chi connectivity index (χ4v) is 4.41. The summed E-state index contributed by atoms with van der Waals surface area (Å²) in [6, 6.07) is 0.370. The first-order valence-corrected chi connectivity index (χ1v) is 10.1. The van der Waals surface area contributed by atoms with Gasteiger partial charge < -0.3 is 20.4 Å². The zero-order valence-corrected chi connectivity index (χ0v) is 16.9. The molecule has 2 amide bonds. The van der Waals surface area contributed by atoms with Gasteiger partial charge in [-0.25, -0.2) is 0 Å². The van der Waals surface area contributed by atoms with E-state index in [1.807, 2.05) is 4.90 Å². The molecule has 1 saturated carbocycles. The van der Waals surface area contributed by atoms with Crippen LogP contribution in [0, 0.1) is 11.8 Å². The Balaban J connectivity index is 0.00000243. The number of hydrogen-bond acceptors (Lipinski definition) is 4. The lowest BCUT2D eigenvalue weighted by molar-refractivity contribution is -0.130. The van der Waals surface area contributed by atoms with E-state index in [1.54, 1.807) is 0 Å². The Bertz CT molecular complexity index is 462. The van der Waals surface area contributed by atoms with E-state index in [2.05, 4.69) is 22.5 Å². The lowest BCUT2D eigenvalue weighted by Crippen LogP contribution is -2.44. The van der Waals surface area contributed by atoms with Crippen molar-refractivity contribution < 1.29 is 9.59 Å². The molecule has 0 radical (unpaired) electrons. The van der Waals surface area contributed by atoms with Gasteiger partial charge in [-0.2, -0.15) is 0 Å². The van der Waals surface area contributed by atoms with E-state index in [-0.39, 0.29) is 30.1 Å². The normalized spacial score (nSPS) is 30.1. The Morgan fingerprint density at radius 1 is 1.19 bits per heavy atom. The number of rotatable bonds is 6. The summed E-state index contributed by atoms with van der Waals surface area (Å²) < 4.78 is 0. The van der Waals surface area contributed by atoms with Gasteiger partial charge in [0.2, 0.25) is 11.8 Å². The van der Waals surface area contributed by atoms with E-state index in [0.717, 1.165) is 57.9 Å². The number of nitrogens with one attached hydrogen (secondary N) is 2. The summed E-state index contributed by atoms with van der Waals surface area (Å²) in [5, 5.41) is 6.41. The summed E-state index contributed by atoms with van der Waals surface area (Å²) in [6.07, 6.45) is 6.00. The molecule has 1 atom stereocenters. The summed E-state index contributed by atoms with van der Waals surface area (Å²) in [5.74, 6) is 0.885. The van der Waals surface area contributed by atoms with E-state index in [1.165, 1.54) is 12.8 Å². The molecule has 2 aliphatic heterocycles. The molecule has 7 heteroatoms. The van der Waals surface area contributed by atoms with Crippen molar-refractivity contribution in [2.24, 2.45) is 11.8 Å². The summed E-state index contributed by atoms with van der Waals surface area (Å²) in [5.41, 5.74) is 0. The van der Waals surface area contributed by atoms with Crippen molar-refractivity contribution in [2.45, 2.75) is 51.5 Å². The minimum Gasteiger partial charge on any atom is -0.356 e. The van der Waals surface area contributed by atoms with Crippen LogP contribution < -0.4 is 10.6 Å². The van der Waals surface area contributed by atoms with Crippen molar-refractivity contribution in [3.05, 3.63) is 0 Å². The number of hydrogen-bond donors (Lipinski definition) is 2. The molecule has 26 heavy (non-hydrogen) atoms. The first-order valence-electron chi connectivity index (χ1n) is 10.1. The van der Waals surface area contributed by atoms with Crippen LogP contribution in [0.15, 0.2) is 0 Å². The molecular weight excluding hydrogens is 352 g/mol. The highest BCUT2D eigenvalue weighted by Crippen LogP contribution is 2.31. The molecule has 1 unspecified atom stereocenters. The zero-order valence-electron chi connectivity index (χ0n) is 16.0. The number of piperazine rings is 1. The Morgan fingerprint density at radius 2 is 1.88 bits per heavy atom. The first kappa shape index (κ1) is 21.5. The third kappa shape index (κ3) is 5.83. The van der Waals surface area contributed by atoms with Crippen molar-refractivity contribution in [2.75, 3.05) is 45.8 Å². The highest BCUT2D eigenvalue weighted by atomic mass is 35.5. The molecule has 2 saturated heterocycles. The molecule has 0 aromatic rings. The average molecular weight is 387 g/mol. The minimum atomic E-state index is -0.147. The summed E-state index contributed by atoms with van der Waals surface area (Å²) in [7, 11) is 0. The van der Waals surface area contributed by atoms with Gasteiger partial charge in [-0.1, -0.05) is 6.92 Å². The van der Waals surface area contributed by atoms with Gasteiger partial charge in [0.15, 0.2) is 0 Å². The van der Waals surface area contributed by atoms with E-state index in [0.29, 0.717) is 25.6 Å². The number of halogens is 1. The number of carbonyl (C=O) groups excluding carboxylic acids is 2. The summed E-state index contributed by atoms with van der Waals surface area (Å²) in [4.78, 5) is 29.2. The summed E-state index contributed by atoms with van der Waals surface area (Å²) in [6.45, 7) is 8.99. The Morgan fingerprint density at radius 3 is 2.58 bits per heavy atom. The Labute approximate surface area is 163 Å². The van der Waals surface area contributed by atoms with Crippen LogP contribution in [-0.4, -0.2) is 73.5 Å². The molecule has 0 aromatic heterocycles. The topological polar surface area (TPSA) is 64.7 Å².